The van der Waals surface area contributed by atoms with Crippen molar-refractivity contribution in [2.24, 2.45) is 0 Å². The van der Waals surface area contributed by atoms with Crippen LogP contribution in [0.5, 0.6) is 0 Å². The Bertz CT molecular complexity index is 369. The average molecular weight is 206 g/mol. The number of carbonyl (C=O) groups is 1. The maximum Gasteiger partial charge on any atom is 0.335 e. The van der Waals surface area contributed by atoms with Gasteiger partial charge in [0.1, 0.15) is 0 Å². The number of benzene rings is 1. The smallest absolute Gasteiger partial charge is 0.335 e. The van der Waals surface area contributed by atoms with Crippen molar-refractivity contribution in [3.05, 3.63) is 29.8 Å². The van der Waals surface area contributed by atoms with Gasteiger partial charge in [0.05, 0.1) is 13.6 Å². The maximum atomic E-state index is 10.8. The van der Waals surface area contributed by atoms with Crippen LogP contribution in [0.25, 0.3) is 0 Å². The zero-order valence-corrected chi connectivity index (χ0v) is 9.29. The molecule has 1 aromatic rings. The summed E-state index contributed by atoms with van der Waals surface area (Å²) in [6.45, 7) is 2.34. The van der Waals surface area contributed by atoms with Crippen LogP contribution in [0.2, 0.25) is 18.6 Å². The summed E-state index contributed by atoms with van der Waals surface area (Å²) < 4.78 is 0. The number of hydrogen-bond acceptors (Lipinski definition) is 1. The van der Waals surface area contributed by atoms with E-state index in [9.17, 15) is 4.79 Å². The largest absolute Gasteiger partial charge is 0.478 e. The van der Waals surface area contributed by atoms with E-state index in [-0.39, 0.29) is 0 Å². The molecule has 0 bridgehead atoms. The Balaban J connectivity index is 2.35. The van der Waals surface area contributed by atoms with Gasteiger partial charge < -0.3 is 5.11 Å². The molecule has 0 radical (unpaired) electrons. The highest BCUT2D eigenvalue weighted by molar-refractivity contribution is 6.92. The molecule has 14 heavy (non-hydrogen) atoms. The van der Waals surface area contributed by atoms with Crippen LogP contribution in [0.4, 0.5) is 0 Å². The summed E-state index contributed by atoms with van der Waals surface area (Å²) in [5.74, 6) is -0.816. The van der Waals surface area contributed by atoms with E-state index in [1.165, 1.54) is 23.7 Å². The van der Waals surface area contributed by atoms with Gasteiger partial charge in [-0.2, -0.15) is 0 Å². The molecule has 74 valence electrons. The summed E-state index contributed by atoms with van der Waals surface area (Å²) in [5.41, 5.74) is 0.433. The Morgan fingerprint density at radius 2 is 2.14 bits per heavy atom. The second-order valence-electron chi connectivity index (χ2n) is 4.30. The molecule has 0 atom stereocenters. The van der Waals surface area contributed by atoms with Crippen molar-refractivity contribution in [1.29, 1.82) is 0 Å². The fourth-order valence-corrected chi connectivity index (χ4v) is 5.02. The van der Waals surface area contributed by atoms with E-state index in [1.807, 2.05) is 12.1 Å². The SMILES string of the molecule is C[Si]1(c2cccc(C(=O)O)c2)CCC1. The third-order valence-electron chi connectivity index (χ3n) is 3.26. The number of carboxylic acids is 1. The highest BCUT2D eigenvalue weighted by Crippen LogP contribution is 2.31. The summed E-state index contributed by atoms with van der Waals surface area (Å²) in [4.78, 5) is 10.8. The lowest BCUT2D eigenvalue weighted by molar-refractivity contribution is 0.0697. The molecule has 0 aromatic heterocycles. The van der Waals surface area contributed by atoms with E-state index in [2.05, 4.69) is 12.6 Å². The van der Waals surface area contributed by atoms with Crippen molar-refractivity contribution >= 4 is 19.2 Å². The summed E-state index contributed by atoms with van der Waals surface area (Å²) in [6.07, 6.45) is 1.32. The standard InChI is InChI=1S/C11H14O2Si/c1-14(6-3-7-14)10-5-2-4-9(8-10)11(12)13/h2,4-5,8H,3,6-7H2,1H3,(H,12,13). The molecule has 0 spiro atoms. The van der Waals surface area contributed by atoms with Crippen LogP contribution in [0.3, 0.4) is 0 Å². The van der Waals surface area contributed by atoms with Crippen molar-refractivity contribution in [2.75, 3.05) is 0 Å². The lowest BCUT2D eigenvalue weighted by Crippen LogP contribution is -2.50. The molecule has 0 unspecified atom stereocenters. The quantitative estimate of drug-likeness (QED) is 0.752. The first-order valence-corrected chi connectivity index (χ1v) is 7.87. The first-order chi connectivity index (χ1) is 6.62. The topological polar surface area (TPSA) is 37.3 Å². The minimum atomic E-state index is -1.21. The highest BCUT2D eigenvalue weighted by Gasteiger charge is 2.36. The molecule has 1 aromatic carbocycles. The molecule has 1 fully saturated rings. The summed E-state index contributed by atoms with van der Waals surface area (Å²) >= 11 is 0. The lowest BCUT2D eigenvalue weighted by Gasteiger charge is -2.36. The molecule has 1 heterocycles. The second-order valence-corrected chi connectivity index (χ2v) is 9.00. The van der Waals surface area contributed by atoms with Gasteiger partial charge in [0, 0.05) is 0 Å². The van der Waals surface area contributed by atoms with E-state index in [4.69, 9.17) is 5.11 Å². The van der Waals surface area contributed by atoms with Gasteiger partial charge in [-0.1, -0.05) is 42.4 Å². The Labute approximate surface area is 84.6 Å². The Morgan fingerprint density at radius 1 is 1.43 bits per heavy atom. The van der Waals surface area contributed by atoms with Gasteiger partial charge in [-0.15, -0.1) is 0 Å². The molecule has 0 aliphatic carbocycles. The molecule has 1 N–H and O–H groups in total. The molecule has 2 rings (SSSR count). The van der Waals surface area contributed by atoms with Crippen LogP contribution >= 0.6 is 0 Å². The normalized spacial score (nSPS) is 18.6. The Morgan fingerprint density at radius 3 is 2.64 bits per heavy atom. The van der Waals surface area contributed by atoms with Gasteiger partial charge in [-0.25, -0.2) is 4.79 Å². The average Bonchev–Trinajstić information content (AvgIpc) is 2.14. The molecule has 1 saturated heterocycles. The van der Waals surface area contributed by atoms with Gasteiger partial charge in [-0.05, 0) is 12.1 Å². The maximum absolute atomic E-state index is 10.8. The van der Waals surface area contributed by atoms with Gasteiger partial charge >= 0.3 is 5.97 Å². The van der Waals surface area contributed by atoms with Crippen molar-refractivity contribution in [1.82, 2.24) is 0 Å². The van der Waals surface area contributed by atoms with Gasteiger partial charge in [0.15, 0.2) is 0 Å². The molecule has 0 saturated carbocycles. The predicted octanol–water partition coefficient (Wildman–Crippen LogP) is 2.07. The highest BCUT2D eigenvalue weighted by atomic mass is 28.3. The first kappa shape index (κ1) is 9.46. The van der Waals surface area contributed by atoms with Crippen LogP contribution in [0.15, 0.2) is 24.3 Å². The van der Waals surface area contributed by atoms with Crippen LogP contribution in [-0.4, -0.2) is 19.1 Å². The van der Waals surface area contributed by atoms with E-state index in [1.54, 1.807) is 6.07 Å². The summed E-state index contributed by atoms with van der Waals surface area (Å²) in [5, 5.41) is 10.2. The van der Waals surface area contributed by atoms with Crippen LogP contribution in [0, 0.1) is 0 Å². The molecule has 1 aliphatic rings. The number of carboxylic acid groups (broad SMARTS) is 1. The number of rotatable bonds is 2. The monoisotopic (exact) mass is 206 g/mol. The Kier molecular flexibility index (Phi) is 2.19. The third kappa shape index (κ3) is 1.48. The lowest BCUT2D eigenvalue weighted by atomic mass is 10.2. The molecular formula is C11H14O2Si. The van der Waals surface area contributed by atoms with Crippen LogP contribution in [-0.2, 0) is 0 Å². The van der Waals surface area contributed by atoms with Gasteiger partial charge in [0.25, 0.3) is 0 Å². The minimum Gasteiger partial charge on any atom is -0.478 e. The van der Waals surface area contributed by atoms with Crippen molar-refractivity contribution in [2.45, 2.75) is 25.1 Å². The molecule has 2 nitrogen and oxygen atoms in total. The predicted molar refractivity (Wildman–Crippen MR) is 58.9 cm³/mol. The molecule has 0 amide bonds. The van der Waals surface area contributed by atoms with Gasteiger partial charge in [-0.3, -0.25) is 0 Å². The van der Waals surface area contributed by atoms with E-state index in [0.717, 1.165) is 0 Å². The molecule has 1 aliphatic heterocycles. The molecular weight excluding hydrogens is 192 g/mol. The van der Waals surface area contributed by atoms with Crippen LogP contribution in [0.1, 0.15) is 16.8 Å². The Hall–Kier alpha value is -1.09. The van der Waals surface area contributed by atoms with Crippen LogP contribution < -0.4 is 5.19 Å². The van der Waals surface area contributed by atoms with E-state index >= 15 is 0 Å². The van der Waals surface area contributed by atoms with Gasteiger partial charge in [0.2, 0.25) is 0 Å². The number of hydrogen-bond donors (Lipinski definition) is 1. The summed E-state index contributed by atoms with van der Waals surface area (Å²) in [6, 6.07) is 10.1. The number of aromatic carboxylic acids is 1. The fourth-order valence-electron chi connectivity index (χ4n) is 2.02. The van der Waals surface area contributed by atoms with Crippen molar-refractivity contribution < 1.29 is 9.90 Å². The van der Waals surface area contributed by atoms with E-state index < -0.39 is 14.0 Å². The zero-order valence-electron chi connectivity index (χ0n) is 8.29. The fraction of sp³-hybridized carbons (Fsp3) is 0.364. The second kappa shape index (κ2) is 3.24. The first-order valence-electron chi connectivity index (χ1n) is 4.96. The third-order valence-corrected chi connectivity index (χ3v) is 7.88. The minimum absolute atomic E-state index is 0.433. The summed E-state index contributed by atoms with van der Waals surface area (Å²) in [7, 11) is -1.21. The van der Waals surface area contributed by atoms with Crippen molar-refractivity contribution in [3.63, 3.8) is 0 Å². The van der Waals surface area contributed by atoms with Crippen molar-refractivity contribution in [3.8, 4) is 0 Å². The molecule has 3 heteroatoms. The van der Waals surface area contributed by atoms with E-state index in [0.29, 0.717) is 5.56 Å². The zero-order chi connectivity index (χ0) is 10.2.